The maximum atomic E-state index is 15.1. The third-order valence-corrected chi connectivity index (χ3v) is 4.22. The lowest BCUT2D eigenvalue weighted by Gasteiger charge is -2.28. The van der Waals surface area contributed by atoms with Gasteiger partial charge in [0.2, 0.25) is 0 Å². The maximum absolute atomic E-state index is 15.1. The zero-order valence-electron chi connectivity index (χ0n) is 12.7. The molecule has 1 fully saturated rings. The van der Waals surface area contributed by atoms with Gasteiger partial charge in [-0.25, -0.2) is 9.37 Å². The van der Waals surface area contributed by atoms with E-state index in [0.717, 1.165) is 0 Å². The van der Waals surface area contributed by atoms with Crippen LogP contribution in [0.2, 0.25) is 0 Å². The van der Waals surface area contributed by atoms with Gasteiger partial charge >= 0.3 is 0 Å². The van der Waals surface area contributed by atoms with E-state index < -0.39 is 29.7 Å². The number of nitrogen functional groups attached to an aromatic ring is 1. The van der Waals surface area contributed by atoms with Gasteiger partial charge in [0.15, 0.2) is 11.9 Å². The van der Waals surface area contributed by atoms with Crippen LogP contribution in [0.25, 0.3) is 11.0 Å². The van der Waals surface area contributed by atoms with Crippen LogP contribution in [0.4, 0.5) is 10.1 Å². The number of halogens is 1. The van der Waals surface area contributed by atoms with E-state index in [-0.39, 0.29) is 0 Å². The molecule has 1 aliphatic rings. The molecule has 0 aromatic carbocycles. The highest BCUT2D eigenvalue weighted by atomic mass is 19.1. The number of nitrogens with two attached hydrogens (primary N) is 1. The molecule has 0 unspecified atom stereocenters. The Bertz CT molecular complexity index is 708. The van der Waals surface area contributed by atoms with Gasteiger partial charge in [0.25, 0.3) is 0 Å². The molecule has 22 heavy (non-hydrogen) atoms. The number of aliphatic hydroxyl groups excluding tert-OH is 1. The zero-order chi connectivity index (χ0) is 16.3. The van der Waals surface area contributed by atoms with Crippen LogP contribution in [-0.4, -0.2) is 43.2 Å². The highest BCUT2D eigenvalue weighted by Crippen LogP contribution is 2.45. The first-order chi connectivity index (χ1) is 10.1. The fourth-order valence-electron chi connectivity index (χ4n) is 2.95. The van der Waals surface area contributed by atoms with Gasteiger partial charge in [-0.1, -0.05) is 0 Å². The number of aromatic nitrogens is 2. The second-order valence-electron chi connectivity index (χ2n) is 6.52. The molecule has 0 amide bonds. The Labute approximate surface area is 127 Å². The lowest BCUT2D eigenvalue weighted by Crippen LogP contribution is -2.47. The van der Waals surface area contributed by atoms with Crippen molar-refractivity contribution in [1.29, 1.82) is 0 Å². The van der Waals surface area contributed by atoms with Crippen molar-refractivity contribution in [2.75, 3.05) is 5.73 Å². The molecule has 0 bridgehead atoms. The van der Waals surface area contributed by atoms with E-state index in [2.05, 4.69) is 4.98 Å². The Balaban J connectivity index is 2.09. The fraction of sp³-hybridized carbons (Fsp3) is 0.533. The molecule has 0 saturated carbocycles. The molecule has 1 saturated heterocycles. The molecule has 4 N–H and O–H groups in total. The van der Waals surface area contributed by atoms with Crippen molar-refractivity contribution in [3.05, 3.63) is 24.5 Å². The number of hydrogen-bond donors (Lipinski definition) is 3. The number of aliphatic hydroxyl groups is 2. The number of alkyl halides is 1. The smallest absolute Gasteiger partial charge is 0.181 e. The number of ether oxygens (including phenoxy) is 1. The van der Waals surface area contributed by atoms with Gasteiger partial charge in [-0.05, 0) is 32.9 Å². The van der Waals surface area contributed by atoms with Crippen molar-refractivity contribution >= 4 is 16.7 Å². The van der Waals surface area contributed by atoms with Crippen molar-refractivity contribution in [2.45, 2.75) is 50.5 Å². The van der Waals surface area contributed by atoms with Crippen LogP contribution >= 0.6 is 0 Å². The average Bonchev–Trinajstić information content (AvgIpc) is 2.91. The summed E-state index contributed by atoms with van der Waals surface area (Å²) in [5.41, 5.74) is 3.42. The van der Waals surface area contributed by atoms with Gasteiger partial charge in [0.1, 0.15) is 17.9 Å². The van der Waals surface area contributed by atoms with Gasteiger partial charge in [0, 0.05) is 23.5 Å². The first-order valence-corrected chi connectivity index (χ1v) is 7.10. The van der Waals surface area contributed by atoms with Crippen molar-refractivity contribution in [3.8, 4) is 0 Å². The minimum Gasteiger partial charge on any atom is -0.398 e. The van der Waals surface area contributed by atoms with E-state index in [1.165, 1.54) is 31.5 Å². The third kappa shape index (κ3) is 2.08. The summed E-state index contributed by atoms with van der Waals surface area (Å²) in [6.07, 6.45) is -0.466. The maximum Gasteiger partial charge on any atom is 0.181 e. The van der Waals surface area contributed by atoms with E-state index in [9.17, 15) is 10.2 Å². The largest absolute Gasteiger partial charge is 0.398 e. The van der Waals surface area contributed by atoms with E-state index >= 15 is 4.39 Å². The molecule has 120 valence electrons. The molecule has 3 rings (SSSR count). The monoisotopic (exact) mass is 309 g/mol. The van der Waals surface area contributed by atoms with Crippen molar-refractivity contribution in [3.63, 3.8) is 0 Å². The minimum absolute atomic E-state index is 0.470. The highest BCUT2D eigenvalue weighted by molar-refractivity contribution is 5.88. The predicted molar refractivity (Wildman–Crippen MR) is 79.9 cm³/mol. The number of anilines is 1. The molecule has 1 aliphatic heterocycles. The molecule has 2 aromatic heterocycles. The number of rotatable bonds is 2. The van der Waals surface area contributed by atoms with Crippen LogP contribution < -0.4 is 5.73 Å². The standard InChI is InChI=1S/C15H20FN3O3/c1-14(2,21)11-10(20)15(3,16)13(22-11)19-7-5-8-9(17)4-6-18-12(8)19/h4-7,10-11,13,20-21H,1-3H3,(H2,17,18)/t10-,11+,13-,15-/m1/s1. The quantitative estimate of drug-likeness (QED) is 0.779. The number of fused-ring (bicyclic) bond motifs is 1. The summed E-state index contributed by atoms with van der Waals surface area (Å²) in [4.78, 5) is 4.22. The second kappa shape index (κ2) is 4.65. The lowest BCUT2D eigenvalue weighted by atomic mass is 9.90. The molecule has 2 aromatic rings. The van der Waals surface area contributed by atoms with Gasteiger partial charge < -0.3 is 25.3 Å². The van der Waals surface area contributed by atoms with Crippen LogP contribution in [0.1, 0.15) is 27.0 Å². The highest BCUT2D eigenvalue weighted by Gasteiger charge is 2.58. The van der Waals surface area contributed by atoms with Crippen LogP contribution in [0, 0.1) is 0 Å². The molecule has 7 heteroatoms. The molecule has 3 heterocycles. The summed E-state index contributed by atoms with van der Waals surface area (Å²) in [6.45, 7) is 4.21. The topological polar surface area (TPSA) is 93.5 Å². The molecule has 0 aliphatic carbocycles. The van der Waals surface area contributed by atoms with Crippen LogP contribution in [0.3, 0.4) is 0 Å². The Kier molecular flexibility index (Phi) is 3.21. The Hall–Kier alpha value is -1.70. The molecule has 6 nitrogen and oxygen atoms in total. The minimum atomic E-state index is -2.08. The normalized spacial score (nSPS) is 32.7. The summed E-state index contributed by atoms with van der Waals surface area (Å²) >= 11 is 0. The van der Waals surface area contributed by atoms with Gasteiger partial charge in [0.05, 0.1) is 5.60 Å². The van der Waals surface area contributed by atoms with Gasteiger partial charge in [-0.3, -0.25) is 0 Å². The molecular weight excluding hydrogens is 289 g/mol. The molecule has 0 radical (unpaired) electrons. The van der Waals surface area contributed by atoms with E-state index in [0.29, 0.717) is 16.7 Å². The molecule has 4 atom stereocenters. The summed E-state index contributed by atoms with van der Waals surface area (Å²) in [6, 6.07) is 3.38. The van der Waals surface area contributed by atoms with E-state index in [1.54, 1.807) is 18.3 Å². The summed E-state index contributed by atoms with van der Waals surface area (Å²) in [5, 5.41) is 21.0. The van der Waals surface area contributed by atoms with Crippen LogP contribution in [0.15, 0.2) is 24.5 Å². The van der Waals surface area contributed by atoms with Crippen molar-refractivity contribution < 1.29 is 19.3 Å². The number of nitrogens with zero attached hydrogens (tertiary/aromatic N) is 2. The predicted octanol–water partition coefficient (Wildman–Crippen LogP) is 1.38. The van der Waals surface area contributed by atoms with Gasteiger partial charge in [-0.15, -0.1) is 0 Å². The van der Waals surface area contributed by atoms with Crippen LogP contribution in [-0.2, 0) is 4.74 Å². The number of hydrogen-bond acceptors (Lipinski definition) is 5. The van der Waals surface area contributed by atoms with Gasteiger partial charge in [-0.2, -0.15) is 0 Å². The summed E-state index contributed by atoms with van der Waals surface area (Å²) < 4.78 is 22.2. The average molecular weight is 309 g/mol. The van der Waals surface area contributed by atoms with Crippen molar-refractivity contribution in [1.82, 2.24) is 9.55 Å². The third-order valence-electron chi connectivity index (χ3n) is 4.22. The van der Waals surface area contributed by atoms with E-state index in [1.807, 2.05) is 0 Å². The Morgan fingerprint density at radius 2 is 2.14 bits per heavy atom. The zero-order valence-corrected chi connectivity index (χ0v) is 12.7. The summed E-state index contributed by atoms with van der Waals surface area (Å²) in [7, 11) is 0. The second-order valence-corrected chi connectivity index (χ2v) is 6.52. The first-order valence-electron chi connectivity index (χ1n) is 7.10. The van der Waals surface area contributed by atoms with E-state index in [4.69, 9.17) is 10.5 Å². The number of pyridine rings is 1. The van der Waals surface area contributed by atoms with Crippen molar-refractivity contribution in [2.24, 2.45) is 0 Å². The lowest BCUT2D eigenvalue weighted by molar-refractivity contribution is -0.122. The molecular formula is C15H20FN3O3. The Morgan fingerprint density at radius 3 is 2.73 bits per heavy atom. The summed E-state index contributed by atoms with van der Waals surface area (Å²) in [5.74, 6) is 0. The fourth-order valence-corrected chi connectivity index (χ4v) is 2.95. The SMILES string of the molecule is CC(C)(O)[C@H]1O[C@@H](n2ccc3c(N)ccnc32)[C@](C)(F)[C@@H]1O. The van der Waals surface area contributed by atoms with Crippen LogP contribution in [0.5, 0.6) is 0 Å². The molecule has 0 spiro atoms. The Morgan fingerprint density at radius 1 is 1.45 bits per heavy atom. The first kappa shape index (κ1) is 15.2.